The zero-order valence-corrected chi connectivity index (χ0v) is 16.6. The molecule has 1 aromatic rings. The first-order chi connectivity index (χ1) is 10.7. The highest BCUT2D eigenvalue weighted by atomic mass is 35.5. The molecule has 3 rings (SSSR count). The number of carbonyl (C=O) groups excluding carboxylic acids is 1. The summed E-state index contributed by atoms with van der Waals surface area (Å²) in [6, 6.07) is -0.0518. The molecule has 2 N–H and O–H groups in total. The molecule has 138 valence electrons. The van der Waals surface area contributed by atoms with E-state index >= 15 is 0 Å². The number of halogens is 2. The normalized spacial score (nSPS) is 24.5. The molecule has 2 aliphatic heterocycles. The first kappa shape index (κ1) is 21.6. The van der Waals surface area contributed by atoms with E-state index in [-0.39, 0.29) is 36.8 Å². The van der Waals surface area contributed by atoms with Crippen LogP contribution in [-0.4, -0.2) is 41.5 Å². The molecule has 0 saturated carbocycles. The van der Waals surface area contributed by atoms with Crippen LogP contribution in [0.5, 0.6) is 0 Å². The fourth-order valence-corrected chi connectivity index (χ4v) is 4.07. The number of hydrogen-bond donors (Lipinski definition) is 2. The lowest BCUT2D eigenvalue weighted by atomic mass is 10.0. The molecule has 24 heavy (non-hydrogen) atoms. The summed E-state index contributed by atoms with van der Waals surface area (Å²) in [5.41, 5.74) is 1.08. The lowest BCUT2D eigenvalue weighted by Crippen LogP contribution is -2.43. The summed E-state index contributed by atoms with van der Waals surface area (Å²) in [5.74, 6) is 0.844. The van der Waals surface area contributed by atoms with E-state index < -0.39 is 0 Å². The number of nitrogens with zero attached hydrogens (tertiary/aromatic N) is 2. The van der Waals surface area contributed by atoms with E-state index in [1.807, 2.05) is 0 Å². The molecule has 2 unspecified atom stereocenters. The van der Waals surface area contributed by atoms with Crippen molar-refractivity contribution in [3.05, 3.63) is 11.1 Å². The average Bonchev–Trinajstić information content (AvgIpc) is 2.95. The van der Waals surface area contributed by atoms with Crippen molar-refractivity contribution in [1.82, 2.24) is 15.2 Å². The summed E-state index contributed by atoms with van der Waals surface area (Å²) in [5, 5.41) is 9.04. The van der Waals surface area contributed by atoms with Crippen molar-refractivity contribution < 1.29 is 4.79 Å². The van der Waals surface area contributed by atoms with E-state index in [1.54, 1.807) is 0 Å². The number of amides is 1. The van der Waals surface area contributed by atoms with Crippen LogP contribution in [-0.2, 0) is 11.3 Å². The fraction of sp³-hybridized carbons (Fsp3) is 0.750. The SMILES string of the molecule is CC1CCCN(Cc2csc(NC(=O)C3CCCCN3)n2)C1.Cl.Cl. The van der Waals surface area contributed by atoms with Crippen LogP contribution in [0.15, 0.2) is 5.38 Å². The Morgan fingerprint density at radius 2 is 2.21 bits per heavy atom. The van der Waals surface area contributed by atoms with E-state index in [2.05, 4.69) is 32.8 Å². The highest BCUT2D eigenvalue weighted by molar-refractivity contribution is 7.13. The van der Waals surface area contributed by atoms with Gasteiger partial charge < -0.3 is 10.6 Å². The Kier molecular flexibility index (Phi) is 9.52. The van der Waals surface area contributed by atoms with E-state index in [0.29, 0.717) is 0 Å². The van der Waals surface area contributed by atoms with Crippen LogP contribution in [0.2, 0.25) is 0 Å². The minimum atomic E-state index is -0.0518. The van der Waals surface area contributed by atoms with Crippen LogP contribution < -0.4 is 10.6 Å². The number of nitrogens with one attached hydrogen (secondary N) is 2. The second-order valence-electron chi connectivity index (χ2n) is 6.62. The van der Waals surface area contributed by atoms with Crippen molar-refractivity contribution >= 4 is 47.2 Å². The molecule has 2 saturated heterocycles. The molecule has 0 bridgehead atoms. The molecule has 0 aromatic carbocycles. The lowest BCUT2D eigenvalue weighted by molar-refractivity contribution is -0.118. The van der Waals surface area contributed by atoms with Gasteiger partial charge in [-0.3, -0.25) is 9.69 Å². The van der Waals surface area contributed by atoms with Gasteiger partial charge in [-0.05, 0) is 44.7 Å². The molecule has 2 aliphatic rings. The number of thiazole rings is 1. The van der Waals surface area contributed by atoms with Crippen LogP contribution in [0, 0.1) is 5.92 Å². The minimum absolute atomic E-state index is 0. The van der Waals surface area contributed by atoms with Crippen molar-refractivity contribution in [3.8, 4) is 0 Å². The Morgan fingerprint density at radius 1 is 1.38 bits per heavy atom. The molecule has 0 aliphatic carbocycles. The topological polar surface area (TPSA) is 57.3 Å². The molecule has 1 amide bonds. The van der Waals surface area contributed by atoms with Crippen molar-refractivity contribution in [2.75, 3.05) is 25.0 Å². The Labute approximate surface area is 160 Å². The molecule has 3 heterocycles. The molecule has 5 nitrogen and oxygen atoms in total. The molecule has 0 spiro atoms. The van der Waals surface area contributed by atoms with Crippen molar-refractivity contribution in [1.29, 1.82) is 0 Å². The summed E-state index contributed by atoms with van der Waals surface area (Å²) >= 11 is 1.53. The number of piperidine rings is 2. The van der Waals surface area contributed by atoms with E-state index in [0.717, 1.165) is 55.8 Å². The third-order valence-corrected chi connectivity index (χ3v) is 5.34. The van der Waals surface area contributed by atoms with Gasteiger partial charge in [0, 0.05) is 18.5 Å². The van der Waals surface area contributed by atoms with Crippen LogP contribution in [0.4, 0.5) is 5.13 Å². The van der Waals surface area contributed by atoms with Crippen LogP contribution in [0.25, 0.3) is 0 Å². The third kappa shape index (κ3) is 6.15. The monoisotopic (exact) mass is 394 g/mol. The van der Waals surface area contributed by atoms with Crippen molar-refractivity contribution in [3.63, 3.8) is 0 Å². The van der Waals surface area contributed by atoms with Crippen LogP contribution >= 0.6 is 36.2 Å². The van der Waals surface area contributed by atoms with Gasteiger partial charge >= 0.3 is 0 Å². The van der Waals surface area contributed by atoms with Gasteiger partial charge in [0.15, 0.2) is 5.13 Å². The predicted molar refractivity (Wildman–Crippen MR) is 105 cm³/mol. The number of anilines is 1. The number of rotatable bonds is 4. The second kappa shape index (κ2) is 10.6. The summed E-state index contributed by atoms with van der Waals surface area (Å²) < 4.78 is 0. The maximum Gasteiger partial charge on any atom is 0.243 e. The molecule has 0 radical (unpaired) electrons. The molecule has 8 heteroatoms. The Hall–Kier alpha value is -0.400. The summed E-state index contributed by atoms with van der Waals surface area (Å²) in [7, 11) is 0. The summed E-state index contributed by atoms with van der Waals surface area (Å²) in [4.78, 5) is 19.2. The van der Waals surface area contributed by atoms with Gasteiger partial charge in [0.25, 0.3) is 0 Å². The highest BCUT2D eigenvalue weighted by Crippen LogP contribution is 2.21. The Morgan fingerprint density at radius 3 is 2.92 bits per heavy atom. The fourth-order valence-electron chi connectivity index (χ4n) is 3.36. The maximum atomic E-state index is 12.2. The zero-order chi connectivity index (χ0) is 15.4. The van der Waals surface area contributed by atoms with E-state index in [9.17, 15) is 4.79 Å². The summed E-state index contributed by atoms with van der Waals surface area (Å²) in [6.07, 6.45) is 5.84. The van der Waals surface area contributed by atoms with Crippen molar-refractivity contribution in [2.24, 2.45) is 5.92 Å². The van der Waals surface area contributed by atoms with Gasteiger partial charge in [-0.15, -0.1) is 36.2 Å². The van der Waals surface area contributed by atoms with Gasteiger partial charge in [0.2, 0.25) is 5.91 Å². The van der Waals surface area contributed by atoms with Gasteiger partial charge in [0.05, 0.1) is 11.7 Å². The molecular weight excluding hydrogens is 367 g/mol. The third-order valence-electron chi connectivity index (χ3n) is 4.54. The largest absolute Gasteiger partial charge is 0.306 e. The predicted octanol–water partition coefficient (Wildman–Crippen LogP) is 3.30. The molecular formula is C16H28Cl2N4OS. The number of hydrogen-bond acceptors (Lipinski definition) is 5. The quantitative estimate of drug-likeness (QED) is 0.822. The van der Waals surface area contributed by atoms with Gasteiger partial charge in [-0.25, -0.2) is 4.98 Å². The van der Waals surface area contributed by atoms with Crippen LogP contribution in [0.3, 0.4) is 0 Å². The van der Waals surface area contributed by atoms with Gasteiger partial charge in [-0.1, -0.05) is 13.3 Å². The van der Waals surface area contributed by atoms with E-state index in [4.69, 9.17) is 0 Å². The molecule has 2 atom stereocenters. The number of carbonyl (C=O) groups is 1. The lowest BCUT2D eigenvalue weighted by Gasteiger charge is -2.30. The van der Waals surface area contributed by atoms with Crippen LogP contribution in [0.1, 0.15) is 44.7 Å². The molecule has 1 aromatic heterocycles. The van der Waals surface area contributed by atoms with E-state index in [1.165, 1.54) is 30.6 Å². The smallest absolute Gasteiger partial charge is 0.243 e. The highest BCUT2D eigenvalue weighted by Gasteiger charge is 2.22. The summed E-state index contributed by atoms with van der Waals surface area (Å²) in [6.45, 7) is 6.48. The Balaban J connectivity index is 0.00000144. The minimum Gasteiger partial charge on any atom is -0.306 e. The first-order valence-corrected chi connectivity index (χ1v) is 9.29. The maximum absolute atomic E-state index is 12.2. The van der Waals surface area contributed by atoms with Crippen molar-refractivity contribution in [2.45, 2.75) is 51.6 Å². The van der Waals surface area contributed by atoms with Gasteiger partial charge in [0.1, 0.15) is 0 Å². The number of likely N-dealkylation sites (tertiary alicyclic amines) is 1. The Bertz CT molecular complexity index is 508. The first-order valence-electron chi connectivity index (χ1n) is 8.42. The average molecular weight is 395 g/mol. The standard InChI is InChI=1S/C16H26N4OS.2ClH/c1-12-5-4-8-20(9-12)10-13-11-22-16(18-13)19-15(21)14-6-2-3-7-17-14;;/h11-12,14,17H,2-10H2,1H3,(H,18,19,21);2*1H. The molecule has 2 fully saturated rings. The zero-order valence-electron chi connectivity index (χ0n) is 14.1. The number of aromatic nitrogens is 1. The second-order valence-corrected chi connectivity index (χ2v) is 7.48. The van der Waals surface area contributed by atoms with Gasteiger partial charge in [-0.2, -0.15) is 0 Å².